The number of carboxylic acid groups (broad SMARTS) is 1. The van der Waals surface area contributed by atoms with E-state index in [0.29, 0.717) is 12.1 Å². The molecular formula is C14H14N2O2. The molecule has 0 saturated carbocycles. The lowest BCUT2D eigenvalue weighted by atomic mass is 10.0. The summed E-state index contributed by atoms with van der Waals surface area (Å²) < 4.78 is 0. The highest BCUT2D eigenvalue weighted by Crippen LogP contribution is 2.13. The average molecular weight is 242 g/mol. The van der Waals surface area contributed by atoms with Crippen LogP contribution in [0.25, 0.3) is 0 Å². The van der Waals surface area contributed by atoms with Crippen LogP contribution >= 0.6 is 0 Å². The second kappa shape index (κ2) is 5.31. The molecule has 0 aliphatic heterocycles. The Morgan fingerprint density at radius 3 is 2.83 bits per heavy atom. The summed E-state index contributed by atoms with van der Waals surface area (Å²) in [6, 6.07) is 10.9. The van der Waals surface area contributed by atoms with E-state index in [1.807, 2.05) is 31.2 Å². The van der Waals surface area contributed by atoms with Crippen LogP contribution in [0, 0.1) is 6.92 Å². The van der Waals surface area contributed by atoms with E-state index in [0.717, 1.165) is 16.9 Å². The number of anilines is 1. The third-order valence-corrected chi connectivity index (χ3v) is 2.62. The van der Waals surface area contributed by atoms with E-state index in [1.54, 1.807) is 18.3 Å². The Kier molecular flexibility index (Phi) is 3.57. The summed E-state index contributed by atoms with van der Waals surface area (Å²) in [5, 5.41) is 12.2. The number of aryl methyl sites for hydroxylation is 1. The number of hydrogen-bond acceptors (Lipinski definition) is 3. The molecule has 2 aromatic rings. The molecule has 1 aromatic carbocycles. The maximum Gasteiger partial charge on any atom is 0.336 e. The molecule has 0 aliphatic rings. The first kappa shape index (κ1) is 12.1. The van der Waals surface area contributed by atoms with Crippen LogP contribution in [0.15, 0.2) is 42.6 Å². The average Bonchev–Trinajstić information content (AvgIpc) is 2.37. The molecule has 2 rings (SSSR count). The molecule has 0 spiro atoms. The first-order chi connectivity index (χ1) is 8.66. The minimum Gasteiger partial charge on any atom is -0.478 e. The van der Waals surface area contributed by atoms with Crippen LogP contribution in [0.4, 0.5) is 5.82 Å². The number of carbonyl (C=O) groups is 1. The van der Waals surface area contributed by atoms with Gasteiger partial charge < -0.3 is 10.4 Å². The second-order valence-electron chi connectivity index (χ2n) is 4.03. The van der Waals surface area contributed by atoms with Gasteiger partial charge >= 0.3 is 5.97 Å². The van der Waals surface area contributed by atoms with E-state index in [1.165, 1.54) is 0 Å². The Morgan fingerprint density at radius 1 is 1.33 bits per heavy atom. The molecule has 4 heteroatoms. The summed E-state index contributed by atoms with van der Waals surface area (Å²) >= 11 is 0. The molecule has 0 aliphatic carbocycles. The van der Waals surface area contributed by atoms with E-state index >= 15 is 0 Å². The summed E-state index contributed by atoms with van der Waals surface area (Å²) in [5.41, 5.74) is 2.12. The largest absolute Gasteiger partial charge is 0.478 e. The zero-order chi connectivity index (χ0) is 13.0. The minimum absolute atomic E-state index is 0.323. The molecule has 18 heavy (non-hydrogen) atoms. The summed E-state index contributed by atoms with van der Waals surface area (Å²) in [5.74, 6) is -0.178. The molecule has 92 valence electrons. The standard InChI is InChI=1S/C14H14N2O2/c1-10-5-6-12(14(17)18)11(8-10)9-16-13-4-2-3-7-15-13/h2-8H,9H2,1H3,(H,15,16)(H,17,18). The van der Waals surface area contributed by atoms with Gasteiger partial charge in [-0.1, -0.05) is 23.8 Å². The van der Waals surface area contributed by atoms with Crippen LogP contribution in [-0.4, -0.2) is 16.1 Å². The highest BCUT2D eigenvalue weighted by atomic mass is 16.4. The number of nitrogens with one attached hydrogen (secondary N) is 1. The fourth-order valence-corrected chi connectivity index (χ4v) is 1.73. The minimum atomic E-state index is -0.909. The number of aromatic carboxylic acids is 1. The molecule has 1 aromatic heterocycles. The molecule has 0 radical (unpaired) electrons. The number of pyridine rings is 1. The maximum absolute atomic E-state index is 11.1. The number of nitrogens with zero attached hydrogens (tertiary/aromatic N) is 1. The van der Waals surface area contributed by atoms with Crippen LogP contribution in [0.3, 0.4) is 0 Å². The smallest absolute Gasteiger partial charge is 0.336 e. The summed E-state index contributed by atoms with van der Waals surface area (Å²) in [6.45, 7) is 2.39. The van der Waals surface area contributed by atoms with Gasteiger partial charge in [0.1, 0.15) is 5.82 Å². The van der Waals surface area contributed by atoms with Gasteiger partial charge in [0.25, 0.3) is 0 Å². The van der Waals surface area contributed by atoms with Crippen molar-refractivity contribution in [2.45, 2.75) is 13.5 Å². The second-order valence-corrected chi connectivity index (χ2v) is 4.03. The van der Waals surface area contributed by atoms with Crippen molar-refractivity contribution in [1.29, 1.82) is 0 Å². The maximum atomic E-state index is 11.1. The quantitative estimate of drug-likeness (QED) is 0.865. The Hall–Kier alpha value is -2.36. The van der Waals surface area contributed by atoms with Gasteiger partial charge in [0.05, 0.1) is 5.56 Å². The Labute approximate surface area is 105 Å². The zero-order valence-electron chi connectivity index (χ0n) is 10.1. The first-order valence-corrected chi connectivity index (χ1v) is 5.64. The number of benzene rings is 1. The molecule has 2 N–H and O–H groups in total. The van der Waals surface area contributed by atoms with Gasteiger partial charge in [-0.25, -0.2) is 9.78 Å². The molecule has 0 bridgehead atoms. The summed E-state index contributed by atoms with van der Waals surface area (Å²) in [7, 11) is 0. The highest BCUT2D eigenvalue weighted by Gasteiger charge is 2.09. The number of aromatic nitrogens is 1. The third-order valence-electron chi connectivity index (χ3n) is 2.62. The predicted octanol–water partition coefficient (Wildman–Crippen LogP) is 2.70. The van der Waals surface area contributed by atoms with E-state index in [-0.39, 0.29) is 0 Å². The lowest BCUT2D eigenvalue weighted by molar-refractivity contribution is 0.0696. The van der Waals surface area contributed by atoms with Gasteiger partial charge in [-0.2, -0.15) is 0 Å². The van der Waals surface area contributed by atoms with Crippen molar-refractivity contribution < 1.29 is 9.90 Å². The van der Waals surface area contributed by atoms with Crippen LogP contribution in [-0.2, 0) is 6.54 Å². The van der Waals surface area contributed by atoms with Crippen LogP contribution in [0.1, 0.15) is 21.5 Å². The van der Waals surface area contributed by atoms with E-state index < -0.39 is 5.97 Å². The van der Waals surface area contributed by atoms with E-state index in [2.05, 4.69) is 10.3 Å². The number of hydrogen-bond donors (Lipinski definition) is 2. The Morgan fingerprint density at radius 2 is 2.17 bits per heavy atom. The van der Waals surface area contributed by atoms with Crippen LogP contribution < -0.4 is 5.32 Å². The lowest BCUT2D eigenvalue weighted by Crippen LogP contribution is -2.08. The molecule has 0 fully saturated rings. The molecule has 4 nitrogen and oxygen atoms in total. The summed E-state index contributed by atoms with van der Waals surface area (Å²) in [6.07, 6.45) is 1.69. The Balaban J connectivity index is 2.18. The third kappa shape index (κ3) is 2.85. The van der Waals surface area contributed by atoms with Crippen molar-refractivity contribution in [1.82, 2.24) is 4.98 Å². The van der Waals surface area contributed by atoms with Crippen molar-refractivity contribution in [3.05, 3.63) is 59.3 Å². The fraction of sp³-hybridized carbons (Fsp3) is 0.143. The van der Waals surface area contributed by atoms with Gasteiger partial charge in [-0.05, 0) is 30.7 Å². The molecular weight excluding hydrogens is 228 g/mol. The fourth-order valence-electron chi connectivity index (χ4n) is 1.73. The van der Waals surface area contributed by atoms with Gasteiger partial charge in [-0.15, -0.1) is 0 Å². The molecule has 0 amide bonds. The highest BCUT2D eigenvalue weighted by molar-refractivity contribution is 5.89. The van der Waals surface area contributed by atoms with Crippen molar-refractivity contribution in [2.75, 3.05) is 5.32 Å². The first-order valence-electron chi connectivity index (χ1n) is 5.64. The van der Waals surface area contributed by atoms with Crippen molar-refractivity contribution >= 4 is 11.8 Å². The molecule has 0 saturated heterocycles. The van der Waals surface area contributed by atoms with Crippen molar-refractivity contribution in [2.24, 2.45) is 0 Å². The lowest BCUT2D eigenvalue weighted by Gasteiger charge is -2.09. The predicted molar refractivity (Wildman–Crippen MR) is 69.7 cm³/mol. The normalized spacial score (nSPS) is 10.1. The van der Waals surface area contributed by atoms with Gasteiger partial charge in [-0.3, -0.25) is 0 Å². The number of rotatable bonds is 4. The van der Waals surface area contributed by atoms with Crippen LogP contribution in [0.5, 0.6) is 0 Å². The van der Waals surface area contributed by atoms with Crippen molar-refractivity contribution in [3.63, 3.8) is 0 Å². The Bertz CT molecular complexity index is 553. The van der Waals surface area contributed by atoms with Gasteiger partial charge in [0.15, 0.2) is 0 Å². The zero-order valence-corrected chi connectivity index (χ0v) is 10.1. The topological polar surface area (TPSA) is 62.2 Å². The number of carboxylic acids is 1. The van der Waals surface area contributed by atoms with Gasteiger partial charge in [0, 0.05) is 12.7 Å². The van der Waals surface area contributed by atoms with Crippen molar-refractivity contribution in [3.8, 4) is 0 Å². The van der Waals surface area contributed by atoms with E-state index in [4.69, 9.17) is 5.11 Å². The van der Waals surface area contributed by atoms with Gasteiger partial charge in [0.2, 0.25) is 0 Å². The van der Waals surface area contributed by atoms with Crippen LogP contribution in [0.2, 0.25) is 0 Å². The van der Waals surface area contributed by atoms with E-state index in [9.17, 15) is 4.79 Å². The molecule has 0 atom stereocenters. The molecule has 1 heterocycles. The summed E-state index contributed by atoms with van der Waals surface area (Å²) in [4.78, 5) is 15.2. The monoisotopic (exact) mass is 242 g/mol. The molecule has 0 unspecified atom stereocenters. The SMILES string of the molecule is Cc1ccc(C(=O)O)c(CNc2ccccn2)c1.